The number of guanidine groups is 1. The molecule has 0 bridgehead atoms. The van der Waals surface area contributed by atoms with E-state index in [9.17, 15) is 0 Å². The number of benzene rings is 1. The Balaban J connectivity index is 1.71. The third kappa shape index (κ3) is 7.32. The van der Waals surface area contributed by atoms with Crippen molar-refractivity contribution in [3.63, 3.8) is 0 Å². The number of rotatable bonds is 9. The van der Waals surface area contributed by atoms with Crippen LogP contribution in [0.25, 0.3) is 0 Å². The highest BCUT2D eigenvalue weighted by Crippen LogP contribution is 2.10. The van der Waals surface area contributed by atoms with Crippen molar-refractivity contribution >= 4 is 5.96 Å². The van der Waals surface area contributed by atoms with E-state index in [1.165, 1.54) is 43.9 Å². The Bertz CT molecular complexity index is 524. The van der Waals surface area contributed by atoms with Gasteiger partial charge in [0, 0.05) is 59.5 Å². The molecule has 0 amide bonds. The molecule has 6 heteroatoms. The smallest absolute Gasteiger partial charge is 0.191 e. The highest BCUT2D eigenvalue weighted by atomic mass is 16.5. The zero-order valence-corrected chi connectivity index (χ0v) is 16.6. The van der Waals surface area contributed by atoms with E-state index >= 15 is 0 Å². The molecule has 1 aromatic rings. The van der Waals surface area contributed by atoms with Crippen molar-refractivity contribution in [3.05, 3.63) is 35.4 Å². The van der Waals surface area contributed by atoms with Gasteiger partial charge in [-0.05, 0) is 24.6 Å². The second-order valence-corrected chi connectivity index (χ2v) is 6.58. The van der Waals surface area contributed by atoms with Gasteiger partial charge >= 0.3 is 0 Å². The average molecular weight is 362 g/mol. The van der Waals surface area contributed by atoms with E-state index in [1.807, 2.05) is 6.92 Å². The number of nitrogens with zero attached hydrogens (tertiary/aromatic N) is 3. The topological polar surface area (TPSA) is 52.1 Å². The maximum atomic E-state index is 5.33. The Kier molecular flexibility index (Phi) is 9.45. The first-order valence-electron chi connectivity index (χ1n) is 9.80. The molecule has 0 radical (unpaired) electrons. The largest absolute Gasteiger partial charge is 0.380 e. The second kappa shape index (κ2) is 11.9. The molecule has 0 spiro atoms. The minimum Gasteiger partial charge on any atom is -0.380 e. The van der Waals surface area contributed by atoms with Gasteiger partial charge in [0.15, 0.2) is 5.96 Å². The lowest BCUT2D eigenvalue weighted by Crippen LogP contribution is -2.45. The van der Waals surface area contributed by atoms with Crippen molar-refractivity contribution in [3.8, 4) is 0 Å². The monoisotopic (exact) mass is 361 g/mol. The quantitative estimate of drug-likeness (QED) is 0.397. The third-order valence-corrected chi connectivity index (χ3v) is 4.77. The van der Waals surface area contributed by atoms with Gasteiger partial charge in [-0.1, -0.05) is 31.2 Å². The van der Waals surface area contributed by atoms with Crippen molar-refractivity contribution < 1.29 is 4.74 Å². The molecule has 0 unspecified atom stereocenters. The summed E-state index contributed by atoms with van der Waals surface area (Å²) in [6.07, 6.45) is 0. The van der Waals surface area contributed by atoms with Gasteiger partial charge in [0.2, 0.25) is 0 Å². The van der Waals surface area contributed by atoms with E-state index < -0.39 is 0 Å². The number of likely N-dealkylation sites (N-methyl/N-ethyl adjacent to an activating group) is 1. The lowest BCUT2D eigenvalue weighted by molar-refractivity contribution is 0.132. The van der Waals surface area contributed by atoms with Crippen molar-refractivity contribution in [1.29, 1.82) is 0 Å². The standard InChI is InChI=1S/C20H35N5O/c1-4-24-11-13-25(14-12-24)17-19-8-6-18(7-9-19)16-23-20(21-3)22-10-15-26-5-2/h6-9H,4-5,10-17H2,1-3H3,(H2,21,22,23). The zero-order valence-electron chi connectivity index (χ0n) is 16.6. The number of piperazine rings is 1. The first kappa shape index (κ1) is 20.7. The summed E-state index contributed by atoms with van der Waals surface area (Å²) in [5.41, 5.74) is 2.65. The minimum atomic E-state index is 0.693. The van der Waals surface area contributed by atoms with Crippen molar-refractivity contribution in [2.75, 3.05) is 59.5 Å². The predicted octanol–water partition coefficient (Wildman–Crippen LogP) is 1.53. The molecule has 0 saturated carbocycles. The highest BCUT2D eigenvalue weighted by Gasteiger charge is 2.15. The fraction of sp³-hybridized carbons (Fsp3) is 0.650. The number of ether oxygens (including phenoxy) is 1. The fourth-order valence-corrected chi connectivity index (χ4v) is 3.08. The maximum absolute atomic E-state index is 5.33. The van der Waals surface area contributed by atoms with Gasteiger partial charge in [-0.25, -0.2) is 0 Å². The third-order valence-electron chi connectivity index (χ3n) is 4.77. The van der Waals surface area contributed by atoms with Gasteiger partial charge in [-0.2, -0.15) is 0 Å². The summed E-state index contributed by atoms with van der Waals surface area (Å²) in [5, 5.41) is 6.59. The Morgan fingerprint density at radius 2 is 1.65 bits per heavy atom. The summed E-state index contributed by atoms with van der Waals surface area (Å²) >= 11 is 0. The first-order chi connectivity index (χ1) is 12.7. The summed E-state index contributed by atoms with van der Waals surface area (Å²) in [5.74, 6) is 0.808. The lowest BCUT2D eigenvalue weighted by atomic mass is 10.1. The first-order valence-corrected chi connectivity index (χ1v) is 9.80. The van der Waals surface area contributed by atoms with Gasteiger partial charge in [-0.3, -0.25) is 9.89 Å². The van der Waals surface area contributed by atoms with E-state index in [1.54, 1.807) is 7.05 Å². The van der Waals surface area contributed by atoms with Crippen molar-refractivity contribution in [2.45, 2.75) is 26.9 Å². The Morgan fingerprint density at radius 1 is 1.00 bits per heavy atom. The van der Waals surface area contributed by atoms with Crippen molar-refractivity contribution in [1.82, 2.24) is 20.4 Å². The Morgan fingerprint density at radius 3 is 2.27 bits per heavy atom. The van der Waals surface area contributed by atoms with Gasteiger partial charge in [0.05, 0.1) is 6.61 Å². The molecule has 1 heterocycles. The summed E-state index contributed by atoms with van der Waals surface area (Å²) in [6.45, 7) is 14.1. The number of aliphatic imine (C=N–C) groups is 1. The molecule has 1 aliphatic rings. The van der Waals surface area contributed by atoms with E-state index in [2.05, 4.69) is 56.6 Å². The molecular formula is C20H35N5O. The van der Waals surface area contributed by atoms with E-state index in [0.717, 1.165) is 32.2 Å². The molecule has 0 aliphatic carbocycles. The SMILES string of the molecule is CCOCCNC(=NC)NCc1ccc(CN2CCN(CC)CC2)cc1. The second-order valence-electron chi connectivity index (χ2n) is 6.58. The molecule has 0 atom stereocenters. The molecule has 2 rings (SSSR count). The summed E-state index contributed by atoms with van der Waals surface area (Å²) in [4.78, 5) is 9.30. The van der Waals surface area contributed by atoms with E-state index in [-0.39, 0.29) is 0 Å². The van der Waals surface area contributed by atoms with Crippen LogP contribution in [-0.4, -0.2) is 75.3 Å². The average Bonchev–Trinajstić information content (AvgIpc) is 2.69. The van der Waals surface area contributed by atoms with Crippen LogP contribution in [0.3, 0.4) is 0 Å². The van der Waals surface area contributed by atoms with E-state index in [0.29, 0.717) is 6.61 Å². The molecule has 1 fully saturated rings. The Hall–Kier alpha value is -1.63. The van der Waals surface area contributed by atoms with Crippen LogP contribution in [0.15, 0.2) is 29.3 Å². The molecule has 1 saturated heterocycles. The predicted molar refractivity (Wildman–Crippen MR) is 109 cm³/mol. The van der Waals surface area contributed by atoms with Crippen LogP contribution < -0.4 is 10.6 Å². The van der Waals surface area contributed by atoms with Crippen LogP contribution in [0.2, 0.25) is 0 Å². The van der Waals surface area contributed by atoms with Crippen molar-refractivity contribution in [2.24, 2.45) is 4.99 Å². The summed E-state index contributed by atoms with van der Waals surface area (Å²) < 4.78 is 5.33. The van der Waals surface area contributed by atoms with Crippen LogP contribution in [0.4, 0.5) is 0 Å². The van der Waals surface area contributed by atoms with Crippen LogP contribution >= 0.6 is 0 Å². The summed E-state index contributed by atoms with van der Waals surface area (Å²) in [6, 6.07) is 8.90. The number of nitrogens with one attached hydrogen (secondary N) is 2. The van der Waals surface area contributed by atoms with Crippen LogP contribution in [-0.2, 0) is 17.8 Å². The van der Waals surface area contributed by atoms with Gasteiger partial charge in [0.25, 0.3) is 0 Å². The molecule has 6 nitrogen and oxygen atoms in total. The van der Waals surface area contributed by atoms with Crippen LogP contribution in [0.1, 0.15) is 25.0 Å². The highest BCUT2D eigenvalue weighted by molar-refractivity contribution is 5.79. The van der Waals surface area contributed by atoms with Gasteiger partial charge < -0.3 is 20.3 Å². The molecule has 146 valence electrons. The zero-order chi connectivity index (χ0) is 18.6. The van der Waals surface area contributed by atoms with Gasteiger partial charge in [0.1, 0.15) is 0 Å². The molecule has 0 aromatic heterocycles. The fourth-order valence-electron chi connectivity index (χ4n) is 3.08. The maximum Gasteiger partial charge on any atom is 0.191 e. The van der Waals surface area contributed by atoms with Crippen LogP contribution in [0, 0.1) is 0 Å². The minimum absolute atomic E-state index is 0.693. The molecule has 1 aliphatic heterocycles. The number of hydrogen-bond acceptors (Lipinski definition) is 4. The molecule has 2 N–H and O–H groups in total. The van der Waals surface area contributed by atoms with Crippen LogP contribution in [0.5, 0.6) is 0 Å². The Labute approximate surface area is 158 Å². The number of hydrogen-bond donors (Lipinski definition) is 2. The molecule has 26 heavy (non-hydrogen) atoms. The lowest BCUT2D eigenvalue weighted by Gasteiger charge is -2.34. The molecule has 1 aromatic carbocycles. The molecular weight excluding hydrogens is 326 g/mol. The summed E-state index contributed by atoms with van der Waals surface area (Å²) in [7, 11) is 1.79. The normalized spacial score (nSPS) is 16.7. The van der Waals surface area contributed by atoms with Gasteiger partial charge in [-0.15, -0.1) is 0 Å². The van der Waals surface area contributed by atoms with E-state index in [4.69, 9.17) is 4.74 Å².